The number of thiazole rings is 1. The predicted molar refractivity (Wildman–Crippen MR) is 110 cm³/mol. The first-order valence-electron chi connectivity index (χ1n) is 8.13. The van der Waals surface area contributed by atoms with Gasteiger partial charge in [-0.15, -0.1) is 11.3 Å². The zero-order valence-corrected chi connectivity index (χ0v) is 16.8. The van der Waals surface area contributed by atoms with Crippen LogP contribution < -0.4 is 5.32 Å². The molecule has 0 bridgehead atoms. The Morgan fingerprint density at radius 3 is 2.61 bits per heavy atom. The molecular formula is C19H12Cl2N4O2S. The molecular weight excluding hydrogens is 419 g/mol. The normalized spacial score (nSPS) is 10.8. The molecule has 0 radical (unpaired) electrons. The van der Waals surface area contributed by atoms with Crippen molar-refractivity contribution in [3.63, 3.8) is 0 Å². The molecule has 1 aromatic carbocycles. The van der Waals surface area contributed by atoms with Crippen molar-refractivity contribution in [1.29, 1.82) is 0 Å². The van der Waals surface area contributed by atoms with Gasteiger partial charge in [-0.3, -0.25) is 15.1 Å². The molecule has 0 aliphatic carbocycles. The average molecular weight is 431 g/mol. The molecule has 9 heteroatoms. The van der Waals surface area contributed by atoms with Crippen LogP contribution in [0.25, 0.3) is 22.6 Å². The zero-order valence-electron chi connectivity index (χ0n) is 14.4. The number of aromatic nitrogens is 3. The summed E-state index contributed by atoms with van der Waals surface area (Å²) in [6, 6.07) is 10.6. The summed E-state index contributed by atoms with van der Waals surface area (Å²) in [5.74, 6) is -0.0587. The summed E-state index contributed by atoms with van der Waals surface area (Å²) < 4.78 is 5.24. The van der Waals surface area contributed by atoms with E-state index in [4.69, 9.17) is 27.7 Å². The van der Waals surface area contributed by atoms with Crippen LogP contribution >= 0.6 is 34.5 Å². The molecule has 0 unspecified atom stereocenters. The van der Waals surface area contributed by atoms with Crippen LogP contribution in [0.3, 0.4) is 0 Å². The minimum Gasteiger partial charge on any atom is -0.360 e. The Kier molecular flexibility index (Phi) is 5.13. The van der Waals surface area contributed by atoms with Gasteiger partial charge in [0.05, 0.1) is 15.7 Å². The van der Waals surface area contributed by atoms with Crippen LogP contribution in [0.1, 0.15) is 16.1 Å². The molecule has 0 saturated heterocycles. The van der Waals surface area contributed by atoms with Crippen molar-refractivity contribution in [3.8, 4) is 22.6 Å². The number of hydrogen-bond donors (Lipinski definition) is 1. The summed E-state index contributed by atoms with van der Waals surface area (Å²) >= 11 is 13.8. The summed E-state index contributed by atoms with van der Waals surface area (Å²) in [6.45, 7) is 1.65. The average Bonchev–Trinajstić information content (AvgIpc) is 3.29. The summed E-state index contributed by atoms with van der Waals surface area (Å²) in [5.41, 5.74) is 2.39. The van der Waals surface area contributed by atoms with Crippen molar-refractivity contribution in [3.05, 3.63) is 69.3 Å². The molecule has 1 N–H and O–H groups in total. The number of nitrogens with zero attached hydrogens (tertiary/aromatic N) is 3. The predicted octanol–water partition coefficient (Wildman–Crippen LogP) is 5.73. The minimum absolute atomic E-state index is 0.254. The summed E-state index contributed by atoms with van der Waals surface area (Å²) in [7, 11) is 0. The van der Waals surface area contributed by atoms with Gasteiger partial charge in [0, 0.05) is 17.1 Å². The lowest BCUT2D eigenvalue weighted by Crippen LogP contribution is -2.13. The van der Waals surface area contributed by atoms with Crippen molar-refractivity contribution in [2.45, 2.75) is 6.92 Å². The number of hydrogen-bond acceptors (Lipinski definition) is 6. The van der Waals surface area contributed by atoms with Gasteiger partial charge in [-0.2, -0.15) is 0 Å². The Hall–Kier alpha value is -2.74. The molecule has 0 aliphatic heterocycles. The molecule has 0 saturated carbocycles. The summed E-state index contributed by atoms with van der Waals surface area (Å²) in [6.07, 6.45) is 1.69. The second-order valence-electron chi connectivity index (χ2n) is 5.77. The number of halogens is 2. The number of benzene rings is 1. The smallest absolute Gasteiger partial charge is 0.263 e. The van der Waals surface area contributed by atoms with Gasteiger partial charge < -0.3 is 4.52 Å². The first-order valence-corrected chi connectivity index (χ1v) is 9.77. The fourth-order valence-electron chi connectivity index (χ4n) is 2.66. The van der Waals surface area contributed by atoms with Crippen molar-refractivity contribution in [2.75, 3.05) is 5.32 Å². The Morgan fingerprint density at radius 1 is 1.11 bits per heavy atom. The number of carbonyl (C=O) groups excluding carboxylic acids is 1. The van der Waals surface area contributed by atoms with Crippen LogP contribution in [0.5, 0.6) is 0 Å². The van der Waals surface area contributed by atoms with Gasteiger partial charge in [0.15, 0.2) is 5.13 Å². The maximum atomic E-state index is 12.9. The van der Waals surface area contributed by atoms with E-state index in [2.05, 4.69) is 20.4 Å². The van der Waals surface area contributed by atoms with E-state index in [1.807, 2.05) is 23.6 Å². The van der Waals surface area contributed by atoms with Crippen LogP contribution in [0, 0.1) is 6.92 Å². The van der Waals surface area contributed by atoms with Gasteiger partial charge in [-0.1, -0.05) is 40.5 Å². The molecule has 28 heavy (non-hydrogen) atoms. The lowest BCUT2D eigenvalue weighted by Gasteiger charge is -2.06. The van der Waals surface area contributed by atoms with Gasteiger partial charge in [0.2, 0.25) is 0 Å². The second-order valence-corrected chi connectivity index (χ2v) is 7.44. The van der Waals surface area contributed by atoms with E-state index < -0.39 is 5.91 Å². The van der Waals surface area contributed by atoms with Crippen molar-refractivity contribution >= 4 is 45.6 Å². The highest BCUT2D eigenvalue weighted by Crippen LogP contribution is 2.37. The fourth-order valence-corrected chi connectivity index (χ4v) is 3.93. The standard InChI is InChI=1S/C19H12Cl2N4O2S/c1-10-15(17(25-27-10)16-11(20)5-4-6-12(16)21)18(26)24-19-23-14(9-28-19)13-7-2-3-8-22-13/h2-9H,1H3,(H,23,24,26). The molecule has 140 valence electrons. The highest BCUT2D eigenvalue weighted by Gasteiger charge is 2.25. The van der Waals surface area contributed by atoms with E-state index >= 15 is 0 Å². The maximum absolute atomic E-state index is 12.9. The van der Waals surface area contributed by atoms with Gasteiger partial charge in [-0.05, 0) is 31.2 Å². The summed E-state index contributed by atoms with van der Waals surface area (Å²) in [5, 5.41) is 9.78. The minimum atomic E-state index is -0.411. The van der Waals surface area contributed by atoms with E-state index in [1.165, 1.54) is 11.3 Å². The van der Waals surface area contributed by atoms with Gasteiger partial charge in [0.1, 0.15) is 22.7 Å². The molecule has 0 aliphatic rings. The Bertz CT molecular complexity index is 1140. The highest BCUT2D eigenvalue weighted by molar-refractivity contribution is 7.14. The molecule has 6 nitrogen and oxygen atoms in total. The fraction of sp³-hybridized carbons (Fsp3) is 0.0526. The molecule has 3 heterocycles. The Morgan fingerprint density at radius 2 is 1.89 bits per heavy atom. The van der Waals surface area contributed by atoms with Crippen LogP contribution in [-0.4, -0.2) is 21.0 Å². The lowest BCUT2D eigenvalue weighted by atomic mass is 10.1. The molecule has 0 spiro atoms. The van der Waals surface area contributed by atoms with Crippen LogP contribution in [-0.2, 0) is 0 Å². The van der Waals surface area contributed by atoms with Gasteiger partial charge in [-0.25, -0.2) is 4.98 Å². The van der Waals surface area contributed by atoms with E-state index in [1.54, 1.807) is 31.3 Å². The zero-order chi connectivity index (χ0) is 19.7. The van der Waals surface area contributed by atoms with E-state index in [9.17, 15) is 4.79 Å². The third-order valence-corrected chi connectivity index (χ3v) is 5.33. The molecule has 1 amide bonds. The van der Waals surface area contributed by atoms with E-state index in [0.717, 1.165) is 5.69 Å². The number of nitrogens with one attached hydrogen (secondary N) is 1. The lowest BCUT2D eigenvalue weighted by molar-refractivity contribution is 0.102. The van der Waals surface area contributed by atoms with E-state index in [-0.39, 0.29) is 11.3 Å². The monoisotopic (exact) mass is 430 g/mol. The van der Waals surface area contributed by atoms with Crippen LogP contribution in [0.4, 0.5) is 5.13 Å². The third kappa shape index (κ3) is 3.52. The second kappa shape index (κ2) is 7.71. The summed E-state index contributed by atoms with van der Waals surface area (Å²) in [4.78, 5) is 21.6. The van der Waals surface area contributed by atoms with Crippen molar-refractivity contribution in [2.24, 2.45) is 0 Å². The first-order chi connectivity index (χ1) is 13.5. The van der Waals surface area contributed by atoms with Crippen molar-refractivity contribution in [1.82, 2.24) is 15.1 Å². The number of pyridine rings is 1. The first kappa shape index (κ1) is 18.6. The number of aryl methyl sites for hydroxylation is 1. The Balaban J connectivity index is 1.65. The van der Waals surface area contributed by atoms with Crippen LogP contribution in [0.15, 0.2) is 52.5 Å². The van der Waals surface area contributed by atoms with Crippen LogP contribution in [0.2, 0.25) is 10.0 Å². The molecule has 4 aromatic rings. The van der Waals surface area contributed by atoms with E-state index in [0.29, 0.717) is 32.2 Å². The number of amides is 1. The quantitative estimate of drug-likeness (QED) is 0.447. The van der Waals surface area contributed by atoms with Gasteiger partial charge >= 0.3 is 0 Å². The number of anilines is 1. The molecule has 3 aromatic heterocycles. The largest absolute Gasteiger partial charge is 0.360 e. The third-order valence-electron chi connectivity index (χ3n) is 3.94. The molecule has 0 atom stereocenters. The molecule has 4 rings (SSSR count). The topological polar surface area (TPSA) is 80.9 Å². The number of carbonyl (C=O) groups is 1. The maximum Gasteiger partial charge on any atom is 0.263 e. The van der Waals surface area contributed by atoms with Gasteiger partial charge in [0.25, 0.3) is 5.91 Å². The Labute approximate surface area is 174 Å². The van der Waals surface area contributed by atoms with Crippen molar-refractivity contribution < 1.29 is 9.32 Å². The SMILES string of the molecule is Cc1onc(-c2c(Cl)cccc2Cl)c1C(=O)Nc1nc(-c2ccccn2)cs1. The highest BCUT2D eigenvalue weighted by atomic mass is 35.5. The molecule has 0 fully saturated rings. The number of rotatable bonds is 4.